The second kappa shape index (κ2) is 6.10. The standard InChI is InChI=1S/C14H16N2O4/c1-20-12-4-2-3-11-10(12)5-7-16(11)8-6-13(17)15-9-14(18)19/h2-5,7H,6,8-9H2,1H3,(H,15,17)(H,18,19). The second-order valence-electron chi connectivity index (χ2n) is 4.32. The first-order valence-corrected chi connectivity index (χ1v) is 6.22. The van der Waals surface area contributed by atoms with Crippen molar-refractivity contribution < 1.29 is 19.4 Å². The highest BCUT2D eigenvalue weighted by molar-refractivity contribution is 5.86. The molecule has 0 atom stereocenters. The van der Waals surface area contributed by atoms with Crippen molar-refractivity contribution in [3.8, 4) is 5.75 Å². The highest BCUT2D eigenvalue weighted by atomic mass is 16.5. The first-order chi connectivity index (χ1) is 9.61. The Morgan fingerprint density at radius 1 is 1.35 bits per heavy atom. The molecular formula is C14H16N2O4. The normalized spacial score (nSPS) is 10.4. The van der Waals surface area contributed by atoms with Gasteiger partial charge in [-0.05, 0) is 18.2 Å². The molecule has 0 fully saturated rings. The SMILES string of the molecule is COc1cccc2c1ccn2CCC(=O)NCC(=O)O. The number of nitrogens with zero attached hydrogens (tertiary/aromatic N) is 1. The average molecular weight is 276 g/mol. The zero-order valence-corrected chi connectivity index (χ0v) is 11.1. The van der Waals surface area contributed by atoms with Crippen LogP contribution in [0.4, 0.5) is 0 Å². The summed E-state index contributed by atoms with van der Waals surface area (Å²) in [7, 11) is 1.62. The number of nitrogens with one attached hydrogen (secondary N) is 1. The summed E-state index contributed by atoms with van der Waals surface area (Å²) in [5.41, 5.74) is 0.982. The molecule has 1 heterocycles. The molecular weight excluding hydrogens is 260 g/mol. The van der Waals surface area contributed by atoms with Crippen LogP contribution in [-0.2, 0) is 16.1 Å². The topological polar surface area (TPSA) is 80.6 Å². The lowest BCUT2D eigenvalue weighted by Gasteiger charge is -2.07. The molecule has 6 nitrogen and oxygen atoms in total. The van der Waals surface area contributed by atoms with Gasteiger partial charge < -0.3 is 19.7 Å². The van der Waals surface area contributed by atoms with Crippen LogP contribution in [0.2, 0.25) is 0 Å². The van der Waals surface area contributed by atoms with Crippen molar-refractivity contribution in [1.82, 2.24) is 9.88 Å². The summed E-state index contributed by atoms with van der Waals surface area (Å²) in [6.45, 7) is 0.140. The molecule has 0 saturated carbocycles. The van der Waals surface area contributed by atoms with E-state index in [4.69, 9.17) is 9.84 Å². The van der Waals surface area contributed by atoms with Gasteiger partial charge in [0.2, 0.25) is 5.91 Å². The summed E-state index contributed by atoms with van der Waals surface area (Å²) in [5.74, 6) is -0.539. The predicted octanol–water partition coefficient (Wildman–Crippen LogP) is 1.24. The fourth-order valence-corrected chi connectivity index (χ4v) is 2.05. The maximum absolute atomic E-state index is 11.5. The highest BCUT2D eigenvalue weighted by Crippen LogP contribution is 2.26. The number of aromatic nitrogens is 1. The predicted molar refractivity (Wildman–Crippen MR) is 73.8 cm³/mol. The third kappa shape index (κ3) is 3.09. The molecule has 0 aliphatic rings. The Morgan fingerprint density at radius 2 is 2.15 bits per heavy atom. The molecule has 0 aliphatic carbocycles. The van der Waals surface area contributed by atoms with E-state index in [9.17, 15) is 9.59 Å². The molecule has 6 heteroatoms. The third-order valence-electron chi connectivity index (χ3n) is 3.01. The Hall–Kier alpha value is -2.50. The molecule has 106 valence electrons. The molecule has 0 aliphatic heterocycles. The van der Waals surface area contributed by atoms with Gasteiger partial charge in [-0.2, -0.15) is 0 Å². The van der Waals surface area contributed by atoms with Crippen LogP contribution in [0.25, 0.3) is 10.9 Å². The van der Waals surface area contributed by atoms with Crippen molar-refractivity contribution in [2.75, 3.05) is 13.7 Å². The van der Waals surface area contributed by atoms with Crippen molar-refractivity contribution in [2.45, 2.75) is 13.0 Å². The summed E-state index contributed by atoms with van der Waals surface area (Å²) in [4.78, 5) is 21.8. The molecule has 0 saturated heterocycles. The van der Waals surface area contributed by atoms with Gasteiger partial charge >= 0.3 is 5.97 Å². The van der Waals surface area contributed by atoms with Crippen LogP contribution in [0, 0.1) is 0 Å². The molecule has 0 bridgehead atoms. The molecule has 1 amide bonds. The maximum Gasteiger partial charge on any atom is 0.322 e. The number of fused-ring (bicyclic) bond motifs is 1. The first-order valence-electron chi connectivity index (χ1n) is 6.22. The van der Waals surface area contributed by atoms with Crippen molar-refractivity contribution in [1.29, 1.82) is 0 Å². The van der Waals surface area contributed by atoms with E-state index < -0.39 is 5.97 Å². The number of carbonyl (C=O) groups excluding carboxylic acids is 1. The zero-order chi connectivity index (χ0) is 14.5. The third-order valence-corrected chi connectivity index (χ3v) is 3.01. The lowest BCUT2D eigenvalue weighted by atomic mass is 10.2. The van der Waals surface area contributed by atoms with E-state index in [0.717, 1.165) is 16.7 Å². The maximum atomic E-state index is 11.5. The molecule has 1 aromatic heterocycles. The largest absolute Gasteiger partial charge is 0.496 e. The summed E-state index contributed by atoms with van der Waals surface area (Å²) in [5, 5.41) is 11.8. The van der Waals surface area contributed by atoms with E-state index in [1.165, 1.54) is 0 Å². The number of rotatable bonds is 6. The van der Waals surface area contributed by atoms with Gasteiger partial charge in [0.05, 0.1) is 12.6 Å². The number of aliphatic carboxylic acids is 1. The van der Waals surface area contributed by atoms with E-state index in [1.807, 2.05) is 35.0 Å². The lowest BCUT2D eigenvalue weighted by Crippen LogP contribution is -2.29. The van der Waals surface area contributed by atoms with Gasteiger partial charge in [-0.3, -0.25) is 9.59 Å². The molecule has 20 heavy (non-hydrogen) atoms. The lowest BCUT2D eigenvalue weighted by molar-refractivity contribution is -0.137. The molecule has 0 spiro atoms. The number of carboxylic acids is 1. The van der Waals surface area contributed by atoms with E-state index in [2.05, 4.69) is 5.32 Å². The number of hydrogen-bond acceptors (Lipinski definition) is 3. The zero-order valence-electron chi connectivity index (χ0n) is 11.1. The van der Waals surface area contributed by atoms with Crippen LogP contribution in [0.15, 0.2) is 30.5 Å². The Balaban J connectivity index is 2.04. The molecule has 0 unspecified atom stereocenters. The van der Waals surface area contributed by atoms with Gasteiger partial charge in [-0.15, -0.1) is 0 Å². The van der Waals surface area contributed by atoms with Crippen LogP contribution < -0.4 is 10.1 Å². The van der Waals surface area contributed by atoms with Gasteiger partial charge in [-0.1, -0.05) is 6.07 Å². The average Bonchev–Trinajstić information content (AvgIpc) is 2.86. The van der Waals surface area contributed by atoms with Crippen LogP contribution in [0.3, 0.4) is 0 Å². The van der Waals surface area contributed by atoms with Gasteiger partial charge in [-0.25, -0.2) is 0 Å². The quantitative estimate of drug-likeness (QED) is 0.832. The minimum absolute atomic E-state index is 0.230. The van der Waals surface area contributed by atoms with Crippen molar-refractivity contribution in [3.05, 3.63) is 30.5 Å². The highest BCUT2D eigenvalue weighted by Gasteiger charge is 2.08. The summed E-state index contributed by atoms with van der Waals surface area (Å²) < 4.78 is 7.22. The van der Waals surface area contributed by atoms with Crippen LogP contribution in [-0.4, -0.2) is 35.2 Å². The minimum atomic E-state index is -1.05. The summed E-state index contributed by atoms with van der Waals surface area (Å²) in [6.07, 6.45) is 2.12. The van der Waals surface area contributed by atoms with E-state index in [1.54, 1.807) is 7.11 Å². The molecule has 1 aromatic carbocycles. The number of carboxylic acid groups (broad SMARTS) is 1. The van der Waals surface area contributed by atoms with E-state index >= 15 is 0 Å². The summed E-state index contributed by atoms with van der Waals surface area (Å²) >= 11 is 0. The van der Waals surface area contributed by atoms with Crippen molar-refractivity contribution >= 4 is 22.8 Å². The van der Waals surface area contributed by atoms with Crippen LogP contribution in [0.1, 0.15) is 6.42 Å². The van der Waals surface area contributed by atoms with E-state index in [0.29, 0.717) is 6.54 Å². The monoisotopic (exact) mass is 276 g/mol. The van der Waals surface area contributed by atoms with Crippen molar-refractivity contribution in [3.63, 3.8) is 0 Å². The Morgan fingerprint density at radius 3 is 2.85 bits per heavy atom. The van der Waals surface area contributed by atoms with Crippen LogP contribution in [0.5, 0.6) is 5.75 Å². The van der Waals surface area contributed by atoms with E-state index in [-0.39, 0.29) is 18.9 Å². The Kier molecular flexibility index (Phi) is 4.24. The molecule has 0 radical (unpaired) electrons. The Labute approximate surface area is 116 Å². The summed E-state index contributed by atoms with van der Waals surface area (Å²) in [6, 6.07) is 7.66. The van der Waals surface area contributed by atoms with Gasteiger partial charge in [0.1, 0.15) is 12.3 Å². The van der Waals surface area contributed by atoms with Crippen LogP contribution >= 0.6 is 0 Å². The molecule has 2 N–H and O–H groups in total. The first kappa shape index (κ1) is 13.9. The second-order valence-corrected chi connectivity index (χ2v) is 4.32. The molecule has 2 rings (SSSR count). The Bertz CT molecular complexity index is 633. The number of amides is 1. The van der Waals surface area contributed by atoms with Gasteiger partial charge in [0, 0.05) is 24.5 Å². The number of methoxy groups -OCH3 is 1. The number of hydrogen-bond donors (Lipinski definition) is 2. The minimum Gasteiger partial charge on any atom is -0.496 e. The van der Waals surface area contributed by atoms with Crippen molar-refractivity contribution in [2.24, 2.45) is 0 Å². The number of benzene rings is 1. The number of aryl methyl sites for hydroxylation is 1. The fraction of sp³-hybridized carbons (Fsp3) is 0.286. The van der Waals surface area contributed by atoms with Gasteiger partial charge in [0.15, 0.2) is 0 Å². The van der Waals surface area contributed by atoms with Gasteiger partial charge in [0.25, 0.3) is 0 Å². The molecule has 2 aromatic rings. The number of carbonyl (C=O) groups is 2. The fourth-order valence-electron chi connectivity index (χ4n) is 2.05. The smallest absolute Gasteiger partial charge is 0.322 e. The number of ether oxygens (including phenoxy) is 1.